The van der Waals surface area contributed by atoms with Crippen LogP contribution in [-0.4, -0.2) is 39.8 Å². The van der Waals surface area contributed by atoms with Gasteiger partial charge in [-0.05, 0) is 33.1 Å². The molecule has 6 heteroatoms. The molecule has 0 saturated heterocycles. The molecule has 0 aromatic carbocycles. The van der Waals surface area contributed by atoms with Crippen LogP contribution in [0.4, 0.5) is 4.70 Å². The van der Waals surface area contributed by atoms with Crippen LogP contribution in [0.3, 0.4) is 0 Å². The summed E-state index contributed by atoms with van der Waals surface area (Å²) < 4.78 is 17.8. The number of halogens is 1. The number of rotatable bonds is 11. The highest BCUT2D eigenvalue weighted by molar-refractivity contribution is 6.60. The van der Waals surface area contributed by atoms with E-state index in [0.717, 1.165) is 51.5 Å². The van der Waals surface area contributed by atoms with Crippen molar-refractivity contribution in [3.63, 3.8) is 0 Å². The Labute approximate surface area is 131 Å². The molecule has 0 atom stereocenters. The molecule has 4 nitrogen and oxygen atoms in total. The van der Waals surface area contributed by atoms with Crippen molar-refractivity contribution in [1.29, 1.82) is 0 Å². The summed E-state index contributed by atoms with van der Waals surface area (Å²) in [6.07, 6.45) is 3.94. The van der Waals surface area contributed by atoms with E-state index in [1.807, 2.05) is 0 Å². The number of hydrogen-bond acceptors (Lipinski definition) is 4. The molecule has 1 N–H and O–H groups in total. The molecule has 0 fully saturated rings. The van der Waals surface area contributed by atoms with Gasteiger partial charge in [0.2, 0.25) is 0 Å². The van der Waals surface area contributed by atoms with Gasteiger partial charge in [-0.1, -0.05) is 34.1 Å². The van der Waals surface area contributed by atoms with Crippen molar-refractivity contribution in [2.24, 2.45) is 0 Å². The molecule has 0 rings (SSSR count). The summed E-state index contributed by atoms with van der Waals surface area (Å²) >= 11 is 0. The summed E-state index contributed by atoms with van der Waals surface area (Å²) in [5.41, 5.74) is 0. The van der Waals surface area contributed by atoms with Crippen LogP contribution in [0.1, 0.15) is 67.2 Å². The zero-order chi connectivity index (χ0) is 15.9. The molecule has 0 aliphatic heterocycles. The lowest BCUT2D eigenvalue weighted by Gasteiger charge is -2.29. The van der Waals surface area contributed by atoms with E-state index in [2.05, 4.69) is 27.7 Å². The quantitative estimate of drug-likeness (QED) is 0.579. The zero-order valence-corrected chi connectivity index (χ0v) is 15.8. The third-order valence-electron chi connectivity index (χ3n) is 2.13. The summed E-state index contributed by atoms with van der Waals surface area (Å²) in [6, 6.07) is 0.938. The Kier molecular flexibility index (Phi) is 22.3. The van der Waals surface area contributed by atoms with Crippen molar-refractivity contribution < 1.29 is 23.1 Å². The highest BCUT2D eigenvalue weighted by atomic mass is 28.4. The molecular formula is C15H37FO4Si. The monoisotopic (exact) mass is 328 g/mol. The number of aliphatic hydroxyl groups is 1. The van der Waals surface area contributed by atoms with Gasteiger partial charge in [0, 0.05) is 32.0 Å². The maximum absolute atomic E-state index is 8.06. The van der Waals surface area contributed by atoms with E-state index in [-0.39, 0.29) is 10.8 Å². The lowest BCUT2D eigenvalue weighted by Crippen LogP contribution is -2.46. The van der Waals surface area contributed by atoms with Gasteiger partial charge < -0.3 is 18.4 Å². The first-order valence-electron chi connectivity index (χ1n) is 8.07. The van der Waals surface area contributed by atoms with Crippen LogP contribution in [-0.2, 0) is 13.3 Å². The fourth-order valence-corrected chi connectivity index (χ4v) is 4.26. The maximum atomic E-state index is 8.06. The minimum absolute atomic E-state index is 0. The fraction of sp³-hybridized carbons (Fsp3) is 1.00. The third kappa shape index (κ3) is 17.9. The van der Waals surface area contributed by atoms with Crippen LogP contribution in [0.2, 0.25) is 6.04 Å². The minimum atomic E-state index is -2.36. The molecule has 132 valence electrons. The van der Waals surface area contributed by atoms with Crippen molar-refractivity contribution in [2.75, 3.05) is 19.8 Å². The van der Waals surface area contributed by atoms with Crippen LogP contribution in [0.5, 0.6) is 0 Å². The first-order valence-corrected chi connectivity index (χ1v) is 10.0. The summed E-state index contributed by atoms with van der Waals surface area (Å²) in [5, 5.41) is 8.06. The Morgan fingerprint density at radius 1 is 0.762 bits per heavy atom. The van der Waals surface area contributed by atoms with Gasteiger partial charge in [-0.15, -0.1) is 0 Å². The Morgan fingerprint density at radius 2 is 1.05 bits per heavy atom. The largest absolute Gasteiger partial charge is 0.500 e. The maximum Gasteiger partial charge on any atom is 0.500 e. The van der Waals surface area contributed by atoms with Crippen molar-refractivity contribution in [2.45, 2.75) is 79.4 Å². The van der Waals surface area contributed by atoms with Crippen molar-refractivity contribution in [3.8, 4) is 0 Å². The van der Waals surface area contributed by atoms with Gasteiger partial charge in [-0.3, -0.25) is 4.70 Å². The summed E-state index contributed by atoms with van der Waals surface area (Å²) in [4.78, 5) is 0. The zero-order valence-electron chi connectivity index (χ0n) is 14.8. The van der Waals surface area contributed by atoms with E-state index in [4.69, 9.17) is 18.4 Å². The Morgan fingerprint density at radius 3 is 1.24 bits per heavy atom. The first-order chi connectivity index (χ1) is 9.47. The van der Waals surface area contributed by atoms with Crippen LogP contribution >= 0.6 is 0 Å². The molecular weight excluding hydrogens is 291 g/mol. The average molecular weight is 329 g/mol. The Bertz CT molecular complexity index is 170. The molecule has 0 bridgehead atoms. The van der Waals surface area contributed by atoms with Crippen molar-refractivity contribution >= 4 is 8.80 Å². The van der Waals surface area contributed by atoms with Gasteiger partial charge in [0.25, 0.3) is 0 Å². The Balaban J connectivity index is -0.000000572. The van der Waals surface area contributed by atoms with Gasteiger partial charge in [0.15, 0.2) is 0 Å². The van der Waals surface area contributed by atoms with E-state index in [1.165, 1.54) is 0 Å². The molecule has 0 heterocycles. The van der Waals surface area contributed by atoms with Gasteiger partial charge in [-0.25, -0.2) is 0 Å². The smallest absolute Gasteiger partial charge is 0.394 e. The van der Waals surface area contributed by atoms with Crippen LogP contribution in [0, 0.1) is 0 Å². The average Bonchev–Trinajstić information content (AvgIpc) is 2.40. The van der Waals surface area contributed by atoms with Crippen molar-refractivity contribution in [3.05, 3.63) is 0 Å². The molecule has 0 aromatic heterocycles. The van der Waals surface area contributed by atoms with Gasteiger partial charge in [0.05, 0.1) is 0 Å². The van der Waals surface area contributed by atoms with E-state index in [0.29, 0.717) is 0 Å². The second-order valence-electron chi connectivity index (χ2n) is 5.07. The predicted molar refractivity (Wildman–Crippen MR) is 89.4 cm³/mol. The third-order valence-corrected chi connectivity index (χ3v) is 5.18. The highest BCUT2D eigenvalue weighted by Gasteiger charge is 2.39. The number of hydrogen-bond donors (Lipinski definition) is 1. The SMILES string of the molecule is CC(C)O.CCCO[Si](CCC)(OCCC)OCCC.F. The van der Waals surface area contributed by atoms with Crippen molar-refractivity contribution in [1.82, 2.24) is 0 Å². The molecule has 0 aliphatic carbocycles. The first kappa shape index (κ1) is 25.9. The van der Waals surface area contributed by atoms with E-state index >= 15 is 0 Å². The summed E-state index contributed by atoms with van der Waals surface area (Å²) in [7, 11) is -2.36. The molecule has 0 spiro atoms. The standard InChI is InChI=1S/C12H28O3Si.C3H8O.FH/c1-5-9-13-16(12-8-4,14-10-6-2)15-11-7-3;1-3(2)4;/h5-12H2,1-4H3;3-4H,1-2H3;1H. The molecule has 0 aliphatic rings. The van der Waals surface area contributed by atoms with Gasteiger partial charge in [-0.2, -0.15) is 0 Å². The summed E-state index contributed by atoms with van der Waals surface area (Å²) in [6.45, 7) is 14.2. The van der Waals surface area contributed by atoms with E-state index < -0.39 is 8.80 Å². The molecule has 0 saturated carbocycles. The van der Waals surface area contributed by atoms with Crippen LogP contribution in [0.15, 0.2) is 0 Å². The highest BCUT2D eigenvalue weighted by Crippen LogP contribution is 2.19. The van der Waals surface area contributed by atoms with Crippen LogP contribution < -0.4 is 0 Å². The molecule has 0 radical (unpaired) electrons. The van der Waals surface area contributed by atoms with E-state index in [9.17, 15) is 0 Å². The van der Waals surface area contributed by atoms with Gasteiger partial charge >= 0.3 is 8.80 Å². The second kappa shape index (κ2) is 18.0. The summed E-state index contributed by atoms with van der Waals surface area (Å²) in [5.74, 6) is 0. The molecule has 0 unspecified atom stereocenters. The second-order valence-corrected chi connectivity index (χ2v) is 7.80. The predicted octanol–water partition coefficient (Wildman–Crippen LogP) is 4.15. The van der Waals surface area contributed by atoms with E-state index in [1.54, 1.807) is 13.8 Å². The molecule has 21 heavy (non-hydrogen) atoms. The molecule has 0 aromatic rings. The minimum Gasteiger partial charge on any atom is -0.394 e. The fourth-order valence-electron chi connectivity index (χ4n) is 1.42. The lowest BCUT2D eigenvalue weighted by atomic mass is 10.5. The number of aliphatic hydroxyl groups excluding tert-OH is 1. The Hall–Kier alpha value is -0.0131. The topological polar surface area (TPSA) is 47.9 Å². The molecule has 0 amide bonds. The van der Waals surface area contributed by atoms with Gasteiger partial charge in [0.1, 0.15) is 0 Å². The normalized spacial score (nSPS) is 10.9. The lowest BCUT2D eigenvalue weighted by molar-refractivity contribution is 0.0591. The van der Waals surface area contributed by atoms with Crippen LogP contribution in [0.25, 0.3) is 0 Å².